The maximum Gasteiger partial charge on any atom is 0.308 e. The fourth-order valence-electron chi connectivity index (χ4n) is 2.40. The maximum atomic E-state index is 12.1. The van der Waals surface area contributed by atoms with Gasteiger partial charge < -0.3 is 14.2 Å². The van der Waals surface area contributed by atoms with Gasteiger partial charge in [-0.2, -0.15) is 0 Å². The summed E-state index contributed by atoms with van der Waals surface area (Å²) in [5, 5.41) is 0. The summed E-state index contributed by atoms with van der Waals surface area (Å²) >= 11 is 0. The SMILES string of the molecule is COc1c(OC(C)=O)cc2c(c1OC(C)=O)C(=O)CCC2. The number of hydrogen-bond donors (Lipinski definition) is 0. The third-order valence-electron chi connectivity index (χ3n) is 3.12. The minimum absolute atomic E-state index is 0.0310. The van der Waals surface area contributed by atoms with E-state index in [9.17, 15) is 14.4 Å². The molecule has 1 aliphatic rings. The van der Waals surface area contributed by atoms with Crippen molar-refractivity contribution in [2.75, 3.05) is 7.11 Å². The lowest BCUT2D eigenvalue weighted by molar-refractivity contribution is -0.132. The monoisotopic (exact) mass is 292 g/mol. The first-order valence-electron chi connectivity index (χ1n) is 6.58. The minimum atomic E-state index is -0.575. The number of rotatable bonds is 3. The van der Waals surface area contributed by atoms with Crippen LogP contribution in [0.2, 0.25) is 0 Å². The van der Waals surface area contributed by atoms with Crippen molar-refractivity contribution in [2.45, 2.75) is 33.1 Å². The predicted molar refractivity (Wildman–Crippen MR) is 72.9 cm³/mol. The number of ether oxygens (including phenoxy) is 3. The second-order valence-corrected chi connectivity index (χ2v) is 4.74. The maximum absolute atomic E-state index is 12.1. The van der Waals surface area contributed by atoms with Crippen molar-refractivity contribution in [3.8, 4) is 17.2 Å². The van der Waals surface area contributed by atoms with Gasteiger partial charge in [-0.15, -0.1) is 0 Å². The highest BCUT2D eigenvalue weighted by atomic mass is 16.6. The highest BCUT2D eigenvalue weighted by molar-refractivity contribution is 6.03. The zero-order valence-corrected chi connectivity index (χ0v) is 12.1. The molecule has 0 amide bonds. The van der Waals surface area contributed by atoms with E-state index in [0.717, 1.165) is 0 Å². The number of benzene rings is 1. The summed E-state index contributed by atoms with van der Waals surface area (Å²) in [6.07, 6.45) is 1.74. The lowest BCUT2D eigenvalue weighted by Crippen LogP contribution is -2.17. The van der Waals surface area contributed by atoms with E-state index in [1.807, 2.05) is 0 Å². The molecule has 1 aromatic carbocycles. The third kappa shape index (κ3) is 3.04. The van der Waals surface area contributed by atoms with E-state index in [1.165, 1.54) is 21.0 Å². The van der Waals surface area contributed by atoms with Crippen molar-refractivity contribution in [3.63, 3.8) is 0 Å². The summed E-state index contributed by atoms with van der Waals surface area (Å²) in [6, 6.07) is 1.60. The Bertz CT molecular complexity index is 617. The molecule has 0 aliphatic heterocycles. The van der Waals surface area contributed by atoms with E-state index in [2.05, 4.69) is 0 Å². The second-order valence-electron chi connectivity index (χ2n) is 4.74. The van der Waals surface area contributed by atoms with E-state index in [1.54, 1.807) is 6.07 Å². The molecule has 0 heterocycles. The summed E-state index contributed by atoms with van der Waals surface area (Å²) in [5.41, 5.74) is 1.03. The van der Waals surface area contributed by atoms with Crippen LogP contribution < -0.4 is 14.2 Å². The molecule has 0 saturated carbocycles. The van der Waals surface area contributed by atoms with Crippen LogP contribution >= 0.6 is 0 Å². The first-order valence-corrected chi connectivity index (χ1v) is 6.58. The largest absolute Gasteiger partial charge is 0.490 e. The van der Waals surface area contributed by atoms with Gasteiger partial charge in [0.1, 0.15) is 0 Å². The fourth-order valence-corrected chi connectivity index (χ4v) is 2.40. The third-order valence-corrected chi connectivity index (χ3v) is 3.12. The van der Waals surface area contributed by atoms with E-state index >= 15 is 0 Å². The first kappa shape index (κ1) is 15.0. The quantitative estimate of drug-likeness (QED) is 0.627. The first-order chi connectivity index (χ1) is 9.93. The summed E-state index contributed by atoms with van der Waals surface area (Å²) in [5.74, 6) is -0.953. The Kier molecular flexibility index (Phi) is 4.26. The molecule has 0 bridgehead atoms. The van der Waals surface area contributed by atoms with Crippen molar-refractivity contribution in [2.24, 2.45) is 0 Å². The Morgan fingerprint density at radius 1 is 1.05 bits per heavy atom. The van der Waals surface area contributed by atoms with Gasteiger partial charge in [0.25, 0.3) is 0 Å². The highest BCUT2D eigenvalue weighted by Gasteiger charge is 2.29. The molecule has 1 aliphatic carbocycles. The van der Waals surface area contributed by atoms with Gasteiger partial charge in [0.15, 0.2) is 17.3 Å². The van der Waals surface area contributed by atoms with E-state index in [-0.39, 0.29) is 23.0 Å². The number of aryl methyl sites for hydroxylation is 1. The molecule has 6 nitrogen and oxygen atoms in total. The Labute approximate surface area is 122 Å². The Hall–Kier alpha value is -2.37. The minimum Gasteiger partial charge on any atom is -0.490 e. The lowest BCUT2D eigenvalue weighted by Gasteiger charge is -2.21. The number of esters is 2. The molecule has 112 valence electrons. The van der Waals surface area contributed by atoms with Gasteiger partial charge in [0.2, 0.25) is 5.75 Å². The van der Waals surface area contributed by atoms with Gasteiger partial charge in [-0.3, -0.25) is 14.4 Å². The van der Waals surface area contributed by atoms with E-state index in [0.29, 0.717) is 30.4 Å². The molecule has 0 aromatic heterocycles. The van der Waals surface area contributed by atoms with Gasteiger partial charge in [-0.25, -0.2) is 0 Å². The number of ketones is 1. The summed E-state index contributed by atoms with van der Waals surface area (Å²) in [7, 11) is 1.36. The Balaban J connectivity index is 2.68. The number of methoxy groups -OCH3 is 1. The molecule has 21 heavy (non-hydrogen) atoms. The summed E-state index contributed by atoms with van der Waals surface area (Å²) < 4.78 is 15.4. The molecule has 0 unspecified atom stereocenters. The van der Waals surface area contributed by atoms with Crippen LogP contribution in [0.1, 0.15) is 42.6 Å². The number of carbonyl (C=O) groups is 3. The van der Waals surface area contributed by atoms with Gasteiger partial charge in [-0.1, -0.05) is 0 Å². The molecular formula is C15H16O6. The van der Waals surface area contributed by atoms with Gasteiger partial charge in [-0.05, 0) is 24.5 Å². The topological polar surface area (TPSA) is 78.9 Å². The van der Waals surface area contributed by atoms with Gasteiger partial charge in [0.05, 0.1) is 12.7 Å². The van der Waals surface area contributed by atoms with Crippen molar-refractivity contribution in [1.29, 1.82) is 0 Å². The van der Waals surface area contributed by atoms with Crippen LogP contribution in [0, 0.1) is 0 Å². The van der Waals surface area contributed by atoms with Crippen molar-refractivity contribution in [3.05, 3.63) is 17.2 Å². The Morgan fingerprint density at radius 2 is 1.71 bits per heavy atom. The molecule has 0 N–H and O–H groups in total. The molecule has 2 rings (SSSR count). The molecule has 0 atom stereocenters. The zero-order chi connectivity index (χ0) is 15.6. The normalized spacial score (nSPS) is 13.4. The van der Waals surface area contributed by atoms with Crippen LogP contribution in [0.4, 0.5) is 0 Å². The van der Waals surface area contributed by atoms with Crippen LogP contribution in [-0.2, 0) is 16.0 Å². The number of carbonyl (C=O) groups excluding carboxylic acids is 3. The molecule has 6 heteroatoms. The number of hydrogen-bond acceptors (Lipinski definition) is 6. The molecule has 0 spiro atoms. The van der Waals surface area contributed by atoms with E-state index < -0.39 is 11.9 Å². The van der Waals surface area contributed by atoms with Crippen molar-refractivity contribution >= 4 is 17.7 Å². The Morgan fingerprint density at radius 3 is 2.29 bits per heavy atom. The average Bonchev–Trinajstić information content (AvgIpc) is 2.37. The molecule has 0 saturated heterocycles. The highest BCUT2D eigenvalue weighted by Crippen LogP contribution is 2.44. The zero-order valence-electron chi connectivity index (χ0n) is 12.1. The van der Waals surface area contributed by atoms with Gasteiger partial charge >= 0.3 is 11.9 Å². The average molecular weight is 292 g/mol. The standard InChI is InChI=1S/C15H16O6/c1-8(16)20-12-7-10-5-4-6-11(18)13(10)15(14(12)19-3)21-9(2)17/h7H,4-6H2,1-3H3. The van der Waals surface area contributed by atoms with Crippen LogP contribution in [-0.4, -0.2) is 24.8 Å². The number of Topliss-reactive ketones (excluding diaryl/α,β-unsaturated/α-hetero) is 1. The lowest BCUT2D eigenvalue weighted by atomic mass is 9.89. The van der Waals surface area contributed by atoms with Crippen molar-refractivity contribution in [1.82, 2.24) is 0 Å². The molecule has 1 aromatic rings. The fraction of sp³-hybridized carbons (Fsp3) is 0.400. The molecular weight excluding hydrogens is 276 g/mol. The van der Waals surface area contributed by atoms with Crippen LogP contribution in [0.15, 0.2) is 6.07 Å². The van der Waals surface area contributed by atoms with Crippen molar-refractivity contribution < 1.29 is 28.6 Å². The van der Waals surface area contributed by atoms with Gasteiger partial charge in [0, 0.05) is 20.3 Å². The summed E-state index contributed by atoms with van der Waals surface area (Å²) in [4.78, 5) is 34.6. The second kappa shape index (κ2) is 5.95. The van der Waals surface area contributed by atoms with E-state index in [4.69, 9.17) is 14.2 Å². The van der Waals surface area contributed by atoms with Crippen LogP contribution in [0.3, 0.4) is 0 Å². The smallest absolute Gasteiger partial charge is 0.308 e. The van der Waals surface area contributed by atoms with Crippen LogP contribution in [0.5, 0.6) is 17.2 Å². The summed E-state index contributed by atoms with van der Waals surface area (Å²) in [6.45, 7) is 2.49. The van der Waals surface area contributed by atoms with Crippen LogP contribution in [0.25, 0.3) is 0 Å². The molecule has 0 fully saturated rings. The predicted octanol–water partition coefficient (Wildman–Crippen LogP) is 2.06. The molecule has 0 radical (unpaired) electrons. The number of fused-ring (bicyclic) bond motifs is 1.